The normalized spacial score (nSPS) is 18.7. The van der Waals surface area contributed by atoms with E-state index in [0.29, 0.717) is 65.7 Å². The van der Waals surface area contributed by atoms with E-state index in [1.807, 2.05) is 25.2 Å². The number of amides is 5. The first kappa shape index (κ1) is 45.4. The number of anilines is 3. The SMILES string of the molecule is CC[C@@H]1C(=O)N(C)c2cnc(Cc3ccc(C(=O)CCCCCCCCCCCCC(=O)Nc4cccc5c4CN(C4CCC(=O)NC4=O)C5=O)cc3OC)nc2N1C1CCCC1. The summed E-state index contributed by atoms with van der Waals surface area (Å²) in [6.45, 7) is 2.28. The zero-order chi connectivity index (χ0) is 44.5. The third-order valence-electron chi connectivity index (χ3n) is 13.3. The molecule has 0 bridgehead atoms. The van der Waals surface area contributed by atoms with Crippen LogP contribution in [0.5, 0.6) is 5.75 Å². The van der Waals surface area contributed by atoms with Gasteiger partial charge in [0, 0.05) is 73.3 Å². The summed E-state index contributed by atoms with van der Waals surface area (Å²) in [7, 11) is 3.43. The monoisotopic (exact) mass is 861 g/mol. The lowest BCUT2D eigenvalue weighted by Gasteiger charge is -2.43. The highest BCUT2D eigenvalue weighted by Gasteiger charge is 2.42. The van der Waals surface area contributed by atoms with E-state index in [9.17, 15) is 28.8 Å². The van der Waals surface area contributed by atoms with Crippen LogP contribution in [-0.4, -0.2) is 82.5 Å². The highest BCUT2D eigenvalue weighted by molar-refractivity contribution is 6.07. The number of benzene rings is 2. The van der Waals surface area contributed by atoms with Gasteiger partial charge < -0.3 is 24.8 Å². The molecule has 14 nitrogen and oxygen atoms in total. The number of ketones is 1. The summed E-state index contributed by atoms with van der Waals surface area (Å²) in [4.78, 5) is 91.5. The minimum absolute atomic E-state index is 0.0914. The predicted octanol–water partition coefficient (Wildman–Crippen LogP) is 7.84. The number of ether oxygens (including phenoxy) is 1. The lowest BCUT2D eigenvalue weighted by molar-refractivity contribution is -0.137. The molecule has 4 aliphatic rings. The third-order valence-corrected chi connectivity index (χ3v) is 13.3. The van der Waals surface area contributed by atoms with E-state index in [-0.39, 0.29) is 48.4 Å². The molecule has 0 radical (unpaired) electrons. The van der Waals surface area contributed by atoms with E-state index >= 15 is 0 Å². The molecule has 1 aliphatic carbocycles. The van der Waals surface area contributed by atoms with Crippen molar-refractivity contribution in [1.82, 2.24) is 20.2 Å². The van der Waals surface area contributed by atoms with Crippen molar-refractivity contribution in [1.29, 1.82) is 0 Å². The number of piperidine rings is 1. The molecule has 2 fully saturated rings. The molecule has 1 saturated heterocycles. The van der Waals surface area contributed by atoms with Crippen molar-refractivity contribution in [2.45, 2.75) is 160 Å². The van der Waals surface area contributed by atoms with Crippen LogP contribution in [-0.2, 0) is 32.1 Å². The molecule has 2 aromatic carbocycles. The van der Waals surface area contributed by atoms with Crippen molar-refractivity contribution < 1.29 is 33.5 Å². The van der Waals surface area contributed by atoms with E-state index in [2.05, 4.69) is 27.4 Å². The van der Waals surface area contributed by atoms with Crippen molar-refractivity contribution in [3.63, 3.8) is 0 Å². The number of likely N-dealkylation sites (N-methyl/N-ethyl adjacent to an activating group) is 1. The molecular weight excluding hydrogens is 799 g/mol. The molecule has 1 unspecified atom stereocenters. The number of nitrogens with one attached hydrogen (secondary N) is 2. The standard InChI is InChI=1S/C49H63N7O7/c1-4-38-49(62)54(2)40-30-50-43(52-46(40)56(38)34-18-15-16-19-34)29-33-25-24-32(28-42(33)63-3)41(57)22-13-11-9-7-5-6-8-10-12-14-23-44(58)51-37-21-17-20-35-36(37)31-55(48(35)61)39-26-27-45(59)53-47(39)60/h17,20-21,24-25,28,30,34,38-39H,4-16,18-19,22-23,26-27,29,31H2,1-3H3,(H,51,58)(H,53,59,60)/t38-,39?/m1/s1. The highest BCUT2D eigenvalue weighted by atomic mass is 16.5. The Morgan fingerprint density at radius 2 is 1.59 bits per heavy atom. The molecule has 1 saturated carbocycles. The van der Waals surface area contributed by atoms with E-state index in [1.54, 1.807) is 36.4 Å². The molecule has 5 amide bonds. The van der Waals surface area contributed by atoms with Gasteiger partial charge in [-0.15, -0.1) is 0 Å². The van der Waals surface area contributed by atoms with Crippen LogP contribution in [0.15, 0.2) is 42.6 Å². The Balaban J connectivity index is 0.767. The van der Waals surface area contributed by atoms with Gasteiger partial charge in [0.1, 0.15) is 29.3 Å². The number of rotatable bonds is 21. The van der Waals surface area contributed by atoms with Gasteiger partial charge in [0.15, 0.2) is 11.6 Å². The van der Waals surface area contributed by atoms with Crippen LogP contribution in [0.1, 0.15) is 167 Å². The van der Waals surface area contributed by atoms with Crippen LogP contribution in [0.2, 0.25) is 0 Å². The summed E-state index contributed by atoms with van der Waals surface area (Å²) in [6.07, 6.45) is 19.1. The molecule has 3 aromatic rings. The summed E-state index contributed by atoms with van der Waals surface area (Å²) < 4.78 is 5.76. The number of carbonyl (C=O) groups excluding carboxylic acids is 6. The molecule has 3 aliphatic heterocycles. The number of hydrogen-bond donors (Lipinski definition) is 2. The van der Waals surface area contributed by atoms with Crippen molar-refractivity contribution in [2.24, 2.45) is 0 Å². The second-order valence-electron chi connectivity index (χ2n) is 17.6. The van der Waals surface area contributed by atoms with Crippen LogP contribution in [0.3, 0.4) is 0 Å². The Labute approximate surface area is 370 Å². The molecule has 336 valence electrons. The maximum atomic E-state index is 13.3. The van der Waals surface area contributed by atoms with Crippen molar-refractivity contribution >= 4 is 52.5 Å². The Morgan fingerprint density at radius 3 is 2.27 bits per heavy atom. The van der Waals surface area contributed by atoms with E-state index in [4.69, 9.17) is 9.72 Å². The van der Waals surface area contributed by atoms with Gasteiger partial charge in [-0.3, -0.25) is 34.1 Å². The molecule has 0 spiro atoms. The summed E-state index contributed by atoms with van der Waals surface area (Å²) in [6, 6.07) is 10.3. The Bertz CT molecular complexity index is 2190. The Hall–Kier alpha value is -5.66. The molecular formula is C49H63N7O7. The van der Waals surface area contributed by atoms with Gasteiger partial charge >= 0.3 is 0 Å². The summed E-state index contributed by atoms with van der Waals surface area (Å²) in [5.74, 6) is 1.21. The smallest absolute Gasteiger partial charge is 0.255 e. The van der Waals surface area contributed by atoms with Gasteiger partial charge in [0.25, 0.3) is 5.91 Å². The second kappa shape index (κ2) is 21.1. The maximum Gasteiger partial charge on any atom is 0.255 e. The van der Waals surface area contributed by atoms with Crippen LogP contribution < -0.4 is 25.2 Å². The first-order chi connectivity index (χ1) is 30.6. The topological polar surface area (TPSA) is 171 Å². The number of nitrogens with zero attached hydrogens (tertiary/aromatic N) is 5. The summed E-state index contributed by atoms with van der Waals surface area (Å²) in [5.41, 5.74) is 4.09. The Kier molecular flexibility index (Phi) is 15.2. The first-order valence-electron chi connectivity index (χ1n) is 23.3. The average Bonchev–Trinajstić information content (AvgIpc) is 3.94. The van der Waals surface area contributed by atoms with Crippen LogP contribution >= 0.6 is 0 Å². The number of imide groups is 1. The number of fused-ring (bicyclic) bond motifs is 2. The molecule has 7 rings (SSSR count). The molecule has 2 N–H and O–H groups in total. The lowest BCUT2D eigenvalue weighted by Crippen LogP contribution is -2.55. The van der Waals surface area contributed by atoms with Crippen molar-refractivity contribution in [3.05, 3.63) is 70.7 Å². The average molecular weight is 862 g/mol. The summed E-state index contributed by atoms with van der Waals surface area (Å²) in [5, 5.41) is 5.30. The molecule has 4 heterocycles. The van der Waals surface area contributed by atoms with Crippen LogP contribution in [0.4, 0.5) is 17.2 Å². The zero-order valence-electron chi connectivity index (χ0n) is 37.2. The van der Waals surface area contributed by atoms with E-state index in [1.165, 1.54) is 4.90 Å². The fourth-order valence-corrected chi connectivity index (χ4v) is 9.78. The maximum absolute atomic E-state index is 13.3. The fourth-order valence-electron chi connectivity index (χ4n) is 9.78. The number of unbranched alkanes of at least 4 members (excludes halogenated alkanes) is 9. The lowest BCUT2D eigenvalue weighted by atomic mass is 10.00. The number of methoxy groups -OCH3 is 1. The van der Waals surface area contributed by atoms with Crippen molar-refractivity contribution in [3.8, 4) is 5.75 Å². The first-order valence-corrected chi connectivity index (χ1v) is 23.3. The summed E-state index contributed by atoms with van der Waals surface area (Å²) >= 11 is 0. The quantitative estimate of drug-likeness (QED) is 0.0611. The minimum Gasteiger partial charge on any atom is -0.496 e. The number of hydrogen-bond acceptors (Lipinski definition) is 10. The molecule has 1 aromatic heterocycles. The van der Waals surface area contributed by atoms with Gasteiger partial charge in [-0.2, -0.15) is 0 Å². The Morgan fingerprint density at radius 1 is 0.889 bits per heavy atom. The molecule has 2 atom stereocenters. The second-order valence-corrected chi connectivity index (χ2v) is 17.6. The van der Waals surface area contributed by atoms with Gasteiger partial charge in [-0.25, -0.2) is 9.97 Å². The zero-order valence-corrected chi connectivity index (χ0v) is 37.2. The fraction of sp³-hybridized carbons (Fsp3) is 0.551. The largest absolute Gasteiger partial charge is 0.496 e. The third kappa shape index (κ3) is 10.6. The van der Waals surface area contributed by atoms with Gasteiger partial charge in [0.2, 0.25) is 23.6 Å². The molecule has 63 heavy (non-hydrogen) atoms. The van der Waals surface area contributed by atoms with Crippen LogP contribution in [0.25, 0.3) is 0 Å². The van der Waals surface area contributed by atoms with Crippen LogP contribution in [0, 0.1) is 0 Å². The number of aromatic nitrogens is 2. The molecule has 14 heteroatoms. The number of Topliss-reactive ketones (excluding diaryl/α,β-unsaturated/α-hetero) is 1. The van der Waals surface area contributed by atoms with Gasteiger partial charge in [0.05, 0.1) is 13.3 Å². The highest BCUT2D eigenvalue weighted by Crippen LogP contribution is 2.40. The number of carbonyl (C=O) groups is 6. The van der Waals surface area contributed by atoms with E-state index in [0.717, 1.165) is 113 Å². The minimum atomic E-state index is -0.695. The van der Waals surface area contributed by atoms with Gasteiger partial charge in [-0.1, -0.05) is 89.3 Å². The van der Waals surface area contributed by atoms with Gasteiger partial charge in [-0.05, 0) is 56.7 Å². The van der Waals surface area contributed by atoms with E-state index < -0.39 is 11.9 Å². The van der Waals surface area contributed by atoms with Crippen molar-refractivity contribution in [2.75, 3.05) is 29.3 Å². The predicted molar refractivity (Wildman–Crippen MR) is 241 cm³/mol.